The summed E-state index contributed by atoms with van der Waals surface area (Å²) in [6.07, 6.45) is 0.812. The average Bonchev–Trinajstić information content (AvgIpc) is 2.68. The van der Waals surface area contributed by atoms with Crippen LogP contribution in [0.3, 0.4) is 0 Å². The Morgan fingerprint density at radius 1 is 1.11 bits per heavy atom. The molecule has 0 saturated carbocycles. The molecular weight excluding hydrogens is 378 g/mol. The van der Waals surface area contributed by atoms with Crippen LogP contribution in [0.4, 0.5) is 11.8 Å². The molecule has 28 heavy (non-hydrogen) atoms. The Kier molecular flexibility index (Phi) is 6.29. The maximum absolute atomic E-state index is 10.9. The van der Waals surface area contributed by atoms with Gasteiger partial charge in [-0.15, -0.1) is 0 Å². The predicted molar refractivity (Wildman–Crippen MR) is 110 cm³/mol. The number of carbonyl (C=O) groups excluding carboxylic acids is 1. The van der Waals surface area contributed by atoms with Crippen molar-refractivity contribution in [3.05, 3.63) is 65.2 Å². The van der Waals surface area contributed by atoms with E-state index >= 15 is 0 Å². The minimum Gasteiger partial charge on any atom is -0.484 e. The highest BCUT2D eigenvalue weighted by atomic mass is 35.5. The summed E-state index contributed by atoms with van der Waals surface area (Å²) in [5.74, 6) is 0.768. The number of aromatic nitrogens is 2. The first kappa shape index (κ1) is 19.4. The van der Waals surface area contributed by atoms with Gasteiger partial charge in [-0.05, 0) is 36.2 Å². The van der Waals surface area contributed by atoms with Gasteiger partial charge in [-0.2, -0.15) is 4.98 Å². The number of ether oxygens (including phenoxy) is 1. The number of hydrogen-bond acceptors (Lipinski definition) is 6. The summed E-state index contributed by atoms with van der Waals surface area (Å²) >= 11 is 5.90. The third-order valence-corrected chi connectivity index (χ3v) is 4.14. The normalized spacial score (nSPS) is 10.5. The summed E-state index contributed by atoms with van der Waals surface area (Å²) in [6, 6.07) is 16.7. The van der Waals surface area contributed by atoms with Crippen molar-refractivity contribution < 1.29 is 9.53 Å². The molecule has 0 saturated heterocycles. The Morgan fingerprint density at radius 2 is 1.89 bits per heavy atom. The SMILES string of the molecule is NC(=O)COc1cccc(-c2cc(NCCc3ccc(Cl)cc3)nc(N)n2)c1. The molecule has 0 aliphatic rings. The fraction of sp³-hybridized carbons (Fsp3) is 0.150. The number of rotatable bonds is 8. The van der Waals surface area contributed by atoms with Crippen molar-refractivity contribution >= 4 is 29.3 Å². The van der Waals surface area contributed by atoms with E-state index in [1.165, 1.54) is 5.56 Å². The summed E-state index contributed by atoms with van der Waals surface area (Å²) in [4.78, 5) is 19.4. The second-order valence-electron chi connectivity index (χ2n) is 6.08. The van der Waals surface area contributed by atoms with E-state index in [1.54, 1.807) is 18.2 Å². The first-order valence-electron chi connectivity index (χ1n) is 8.64. The number of primary amides is 1. The molecule has 1 amide bonds. The second kappa shape index (κ2) is 9.05. The van der Waals surface area contributed by atoms with E-state index in [0.29, 0.717) is 28.8 Å². The quantitative estimate of drug-likeness (QED) is 0.538. The molecule has 0 radical (unpaired) electrons. The third-order valence-electron chi connectivity index (χ3n) is 3.89. The van der Waals surface area contributed by atoms with Gasteiger partial charge in [0.15, 0.2) is 6.61 Å². The van der Waals surface area contributed by atoms with Gasteiger partial charge in [0.25, 0.3) is 5.91 Å². The molecule has 0 atom stereocenters. The van der Waals surface area contributed by atoms with E-state index < -0.39 is 5.91 Å². The average molecular weight is 398 g/mol. The van der Waals surface area contributed by atoms with Gasteiger partial charge in [0.1, 0.15) is 11.6 Å². The zero-order valence-corrected chi connectivity index (χ0v) is 15.8. The van der Waals surface area contributed by atoms with Crippen LogP contribution < -0.4 is 21.5 Å². The molecule has 0 aliphatic heterocycles. The molecule has 5 N–H and O–H groups in total. The maximum atomic E-state index is 10.9. The Bertz CT molecular complexity index is 963. The number of nitrogen functional groups attached to an aromatic ring is 1. The van der Waals surface area contributed by atoms with Crippen molar-refractivity contribution in [2.24, 2.45) is 5.73 Å². The molecular formula is C20H20ClN5O2. The standard InChI is InChI=1S/C20H20ClN5O2/c21-15-6-4-13(5-7-15)8-9-24-19-11-17(25-20(23)26-19)14-2-1-3-16(10-14)28-12-18(22)27/h1-7,10-11H,8-9,12H2,(H2,22,27)(H3,23,24,25,26). The number of carbonyl (C=O) groups is 1. The molecule has 1 heterocycles. The fourth-order valence-electron chi connectivity index (χ4n) is 2.59. The molecule has 3 aromatic rings. The van der Waals surface area contributed by atoms with E-state index in [1.807, 2.05) is 36.4 Å². The zero-order valence-electron chi connectivity index (χ0n) is 15.1. The second-order valence-corrected chi connectivity index (χ2v) is 6.52. The fourth-order valence-corrected chi connectivity index (χ4v) is 2.72. The molecule has 3 rings (SSSR count). The van der Waals surface area contributed by atoms with E-state index in [4.69, 9.17) is 27.8 Å². The van der Waals surface area contributed by atoms with E-state index in [2.05, 4.69) is 15.3 Å². The molecule has 7 nitrogen and oxygen atoms in total. The number of nitrogens with zero attached hydrogens (tertiary/aromatic N) is 2. The minimum absolute atomic E-state index is 0.162. The molecule has 2 aromatic carbocycles. The van der Waals surface area contributed by atoms with E-state index in [0.717, 1.165) is 12.0 Å². The molecule has 0 fully saturated rings. The summed E-state index contributed by atoms with van der Waals surface area (Å²) in [6.45, 7) is 0.492. The third kappa shape index (κ3) is 5.59. The van der Waals surface area contributed by atoms with Gasteiger partial charge in [-0.1, -0.05) is 35.9 Å². The van der Waals surface area contributed by atoms with Gasteiger partial charge in [0.05, 0.1) is 5.69 Å². The number of anilines is 2. The van der Waals surface area contributed by atoms with Gasteiger partial charge < -0.3 is 21.5 Å². The lowest BCUT2D eigenvalue weighted by molar-refractivity contribution is -0.119. The van der Waals surface area contributed by atoms with Crippen LogP contribution in [0.25, 0.3) is 11.3 Å². The van der Waals surface area contributed by atoms with Gasteiger partial charge in [-0.3, -0.25) is 4.79 Å². The largest absolute Gasteiger partial charge is 0.484 e. The van der Waals surface area contributed by atoms with Gasteiger partial charge in [0, 0.05) is 23.2 Å². The highest BCUT2D eigenvalue weighted by molar-refractivity contribution is 6.30. The number of nitrogens with two attached hydrogens (primary N) is 2. The van der Waals surface area contributed by atoms with Crippen molar-refractivity contribution in [3.63, 3.8) is 0 Å². The molecule has 144 valence electrons. The van der Waals surface area contributed by atoms with Crippen molar-refractivity contribution in [2.75, 3.05) is 24.2 Å². The lowest BCUT2D eigenvalue weighted by Crippen LogP contribution is -2.19. The Balaban J connectivity index is 1.69. The lowest BCUT2D eigenvalue weighted by atomic mass is 10.1. The zero-order chi connectivity index (χ0) is 19.9. The van der Waals surface area contributed by atoms with Crippen LogP contribution in [-0.4, -0.2) is 29.0 Å². The van der Waals surface area contributed by atoms with Crippen molar-refractivity contribution in [1.29, 1.82) is 0 Å². The first-order chi connectivity index (χ1) is 13.5. The van der Waals surface area contributed by atoms with Crippen LogP contribution in [0, 0.1) is 0 Å². The van der Waals surface area contributed by atoms with Crippen LogP contribution in [-0.2, 0) is 11.2 Å². The van der Waals surface area contributed by atoms with E-state index in [-0.39, 0.29) is 12.6 Å². The smallest absolute Gasteiger partial charge is 0.255 e. The number of hydrogen-bond donors (Lipinski definition) is 3. The Hall–Kier alpha value is -3.32. The van der Waals surface area contributed by atoms with Crippen LogP contribution in [0.5, 0.6) is 5.75 Å². The first-order valence-corrected chi connectivity index (χ1v) is 9.02. The number of benzene rings is 2. The number of nitrogens with one attached hydrogen (secondary N) is 1. The minimum atomic E-state index is -0.538. The monoisotopic (exact) mass is 397 g/mol. The molecule has 0 aliphatic carbocycles. The topological polar surface area (TPSA) is 116 Å². The molecule has 0 spiro atoms. The molecule has 0 bridgehead atoms. The molecule has 1 aromatic heterocycles. The summed E-state index contributed by atoms with van der Waals surface area (Å²) < 4.78 is 5.34. The Labute approximate surface area is 167 Å². The predicted octanol–water partition coefficient (Wildman–Crippen LogP) is 2.90. The highest BCUT2D eigenvalue weighted by Gasteiger charge is 2.07. The number of amides is 1. The van der Waals surface area contributed by atoms with Crippen LogP contribution in [0.2, 0.25) is 5.02 Å². The van der Waals surface area contributed by atoms with Gasteiger partial charge in [0.2, 0.25) is 5.95 Å². The lowest BCUT2D eigenvalue weighted by Gasteiger charge is -2.10. The Morgan fingerprint density at radius 3 is 2.64 bits per heavy atom. The van der Waals surface area contributed by atoms with Gasteiger partial charge >= 0.3 is 0 Å². The van der Waals surface area contributed by atoms with Crippen molar-refractivity contribution in [1.82, 2.24) is 9.97 Å². The summed E-state index contributed by atoms with van der Waals surface area (Å²) in [7, 11) is 0. The van der Waals surface area contributed by atoms with E-state index in [9.17, 15) is 4.79 Å². The summed E-state index contributed by atoms with van der Waals surface area (Å²) in [5, 5.41) is 3.97. The van der Waals surface area contributed by atoms with Gasteiger partial charge in [-0.25, -0.2) is 4.98 Å². The highest BCUT2D eigenvalue weighted by Crippen LogP contribution is 2.24. The van der Waals surface area contributed by atoms with Crippen molar-refractivity contribution in [2.45, 2.75) is 6.42 Å². The summed E-state index contributed by atoms with van der Waals surface area (Å²) in [5.41, 5.74) is 13.6. The molecule has 0 unspecified atom stereocenters. The van der Waals surface area contributed by atoms with Crippen LogP contribution >= 0.6 is 11.6 Å². The van der Waals surface area contributed by atoms with Crippen molar-refractivity contribution in [3.8, 4) is 17.0 Å². The molecule has 8 heteroatoms. The number of halogens is 1. The van der Waals surface area contributed by atoms with Crippen LogP contribution in [0.15, 0.2) is 54.6 Å². The van der Waals surface area contributed by atoms with Crippen LogP contribution in [0.1, 0.15) is 5.56 Å². The maximum Gasteiger partial charge on any atom is 0.255 e.